The van der Waals surface area contributed by atoms with Gasteiger partial charge in [0.05, 0.1) is 17.7 Å². The van der Waals surface area contributed by atoms with Crippen molar-refractivity contribution in [2.45, 2.75) is 24.8 Å². The molecule has 1 aliphatic rings. The average molecular weight is 230 g/mol. The van der Waals surface area contributed by atoms with E-state index < -0.39 is 0 Å². The van der Waals surface area contributed by atoms with E-state index in [9.17, 15) is 5.11 Å². The van der Waals surface area contributed by atoms with Crippen LogP contribution < -0.4 is 5.32 Å². The van der Waals surface area contributed by atoms with Gasteiger partial charge in [-0.05, 0) is 31.4 Å². The molecular formula is C12H14N4O. The molecule has 1 aliphatic carbocycles. The van der Waals surface area contributed by atoms with Crippen molar-refractivity contribution in [2.24, 2.45) is 0 Å². The van der Waals surface area contributed by atoms with Crippen LogP contribution in [-0.4, -0.2) is 32.4 Å². The molecule has 0 aliphatic heterocycles. The molecule has 3 rings (SSSR count). The Bertz CT molecular complexity index is 533. The van der Waals surface area contributed by atoms with Crippen LogP contribution in [0.3, 0.4) is 0 Å². The lowest BCUT2D eigenvalue weighted by molar-refractivity contribution is 0.143. The highest BCUT2D eigenvalue weighted by atomic mass is 16.3. The van der Waals surface area contributed by atoms with Gasteiger partial charge in [-0.25, -0.2) is 4.98 Å². The number of hydrogen-bond acceptors (Lipinski definition) is 5. The van der Waals surface area contributed by atoms with E-state index in [4.69, 9.17) is 0 Å². The number of para-hydroxylation sites is 1. The Balaban J connectivity index is 1.90. The summed E-state index contributed by atoms with van der Waals surface area (Å²) in [6.07, 6.45) is 3.05. The third kappa shape index (κ3) is 1.82. The topological polar surface area (TPSA) is 70.9 Å². The van der Waals surface area contributed by atoms with Crippen molar-refractivity contribution in [3.63, 3.8) is 0 Å². The summed E-state index contributed by atoms with van der Waals surface area (Å²) < 4.78 is 0. The number of anilines is 1. The van der Waals surface area contributed by atoms with E-state index in [2.05, 4.69) is 20.5 Å². The first-order valence-electron chi connectivity index (χ1n) is 5.80. The molecule has 1 aromatic carbocycles. The second-order valence-electron chi connectivity index (χ2n) is 4.54. The first kappa shape index (κ1) is 10.4. The van der Waals surface area contributed by atoms with Gasteiger partial charge in [0.1, 0.15) is 5.52 Å². The van der Waals surface area contributed by atoms with E-state index in [1.165, 1.54) is 0 Å². The summed E-state index contributed by atoms with van der Waals surface area (Å²) in [6, 6.07) is 7.62. The summed E-state index contributed by atoms with van der Waals surface area (Å²) >= 11 is 0. The van der Waals surface area contributed by atoms with Crippen molar-refractivity contribution in [1.29, 1.82) is 0 Å². The summed E-state index contributed by atoms with van der Waals surface area (Å²) in [6.45, 7) is 0.114. The van der Waals surface area contributed by atoms with Crippen LogP contribution in [-0.2, 0) is 0 Å². The zero-order valence-electron chi connectivity index (χ0n) is 9.43. The van der Waals surface area contributed by atoms with Gasteiger partial charge in [0.2, 0.25) is 5.95 Å². The minimum Gasteiger partial charge on any atom is -0.394 e. The van der Waals surface area contributed by atoms with Crippen LogP contribution >= 0.6 is 0 Å². The summed E-state index contributed by atoms with van der Waals surface area (Å²) in [7, 11) is 0. The molecule has 0 bridgehead atoms. The van der Waals surface area contributed by atoms with Gasteiger partial charge in [0.25, 0.3) is 0 Å². The molecule has 0 atom stereocenters. The number of fused-ring (bicyclic) bond motifs is 1. The van der Waals surface area contributed by atoms with Gasteiger partial charge in [-0.2, -0.15) is 0 Å². The minimum absolute atomic E-state index is 0.114. The van der Waals surface area contributed by atoms with Crippen LogP contribution in [0.25, 0.3) is 11.0 Å². The number of aliphatic hydroxyl groups excluding tert-OH is 1. The van der Waals surface area contributed by atoms with Gasteiger partial charge < -0.3 is 10.4 Å². The van der Waals surface area contributed by atoms with Crippen molar-refractivity contribution in [3.05, 3.63) is 24.3 Å². The van der Waals surface area contributed by atoms with Crippen LogP contribution in [0.15, 0.2) is 24.3 Å². The second-order valence-corrected chi connectivity index (χ2v) is 4.54. The van der Waals surface area contributed by atoms with E-state index in [1.807, 2.05) is 24.3 Å². The molecule has 0 radical (unpaired) electrons. The highest BCUT2D eigenvalue weighted by molar-refractivity contribution is 5.74. The Morgan fingerprint density at radius 2 is 1.94 bits per heavy atom. The monoisotopic (exact) mass is 230 g/mol. The molecule has 0 unspecified atom stereocenters. The molecule has 0 amide bonds. The number of benzene rings is 1. The average Bonchev–Trinajstić information content (AvgIpc) is 2.34. The van der Waals surface area contributed by atoms with Crippen LogP contribution in [0, 0.1) is 0 Å². The Morgan fingerprint density at radius 1 is 1.18 bits per heavy atom. The van der Waals surface area contributed by atoms with Crippen molar-refractivity contribution < 1.29 is 5.11 Å². The van der Waals surface area contributed by atoms with Crippen molar-refractivity contribution in [1.82, 2.24) is 15.2 Å². The fourth-order valence-electron chi connectivity index (χ4n) is 2.10. The van der Waals surface area contributed by atoms with Crippen molar-refractivity contribution in [3.8, 4) is 0 Å². The largest absolute Gasteiger partial charge is 0.394 e. The number of aromatic nitrogens is 3. The summed E-state index contributed by atoms with van der Waals surface area (Å²) in [5.41, 5.74) is 1.37. The van der Waals surface area contributed by atoms with E-state index in [0.717, 1.165) is 30.3 Å². The second kappa shape index (κ2) is 3.92. The molecule has 5 nitrogen and oxygen atoms in total. The molecule has 1 saturated carbocycles. The van der Waals surface area contributed by atoms with Crippen molar-refractivity contribution >= 4 is 17.0 Å². The molecule has 1 fully saturated rings. The number of aliphatic hydroxyl groups is 1. The lowest BCUT2D eigenvalue weighted by Crippen LogP contribution is -2.48. The highest BCUT2D eigenvalue weighted by Crippen LogP contribution is 2.33. The van der Waals surface area contributed by atoms with Gasteiger partial charge >= 0.3 is 0 Å². The number of hydrogen-bond donors (Lipinski definition) is 2. The Labute approximate surface area is 98.9 Å². The fourth-order valence-corrected chi connectivity index (χ4v) is 2.10. The lowest BCUT2D eigenvalue weighted by Gasteiger charge is -2.40. The Hall–Kier alpha value is -1.75. The van der Waals surface area contributed by atoms with E-state index >= 15 is 0 Å². The van der Waals surface area contributed by atoms with E-state index in [-0.39, 0.29) is 12.1 Å². The van der Waals surface area contributed by atoms with Crippen LogP contribution in [0.1, 0.15) is 19.3 Å². The Kier molecular flexibility index (Phi) is 2.40. The molecule has 0 spiro atoms. The van der Waals surface area contributed by atoms with E-state index in [0.29, 0.717) is 5.95 Å². The number of nitrogens with zero attached hydrogens (tertiary/aromatic N) is 3. The summed E-state index contributed by atoms with van der Waals surface area (Å²) in [5.74, 6) is 0.498. The number of rotatable bonds is 3. The van der Waals surface area contributed by atoms with E-state index in [1.54, 1.807) is 0 Å². The lowest BCUT2D eigenvalue weighted by atomic mass is 9.77. The summed E-state index contributed by atoms with van der Waals surface area (Å²) in [4.78, 5) is 4.39. The van der Waals surface area contributed by atoms with Gasteiger partial charge in [-0.15, -0.1) is 10.2 Å². The molecule has 0 saturated heterocycles. The van der Waals surface area contributed by atoms with Crippen molar-refractivity contribution in [2.75, 3.05) is 11.9 Å². The van der Waals surface area contributed by atoms with Gasteiger partial charge in [0, 0.05) is 0 Å². The predicted molar refractivity (Wildman–Crippen MR) is 64.6 cm³/mol. The van der Waals surface area contributed by atoms with Crippen LogP contribution in [0.4, 0.5) is 5.95 Å². The maximum Gasteiger partial charge on any atom is 0.243 e. The van der Waals surface area contributed by atoms with Gasteiger partial charge in [-0.3, -0.25) is 0 Å². The normalized spacial score (nSPS) is 17.7. The summed E-state index contributed by atoms with van der Waals surface area (Å²) in [5, 5.41) is 20.7. The minimum atomic E-state index is -0.232. The number of nitrogens with one attached hydrogen (secondary N) is 1. The Morgan fingerprint density at radius 3 is 2.59 bits per heavy atom. The molecule has 2 N–H and O–H groups in total. The molecular weight excluding hydrogens is 216 g/mol. The maximum atomic E-state index is 9.37. The van der Waals surface area contributed by atoms with Crippen LogP contribution in [0.5, 0.6) is 0 Å². The quantitative estimate of drug-likeness (QED) is 0.832. The highest BCUT2D eigenvalue weighted by Gasteiger charge is 2.37. The third-order valence-electron chi connectivity index (χ3n) is 3.35. The predicted octanol–water partition coefficient (Wildman–Crippen LogP) is 1.35. The third-order valence-corrected chi connectivity index (χ3v) is 3.35. The zero-order chi connectivity index (χ0) is 11.7. The molecule has 1 aromatic heterocycles. The molecule has 5 heteroatoms. The van der Waals surface area contributed by atoms with Gasteiger partial charge in [-0.1, -0.05) is 12.1 Å². The molecule has 17 heavy (non-hydrogen) atoms. The fraction of sp³-hybridized carbons (Fsp3) is 0.417. The first-order valence-corrected chi connectivity index (χ1v) is 5.80. The van der Waals surface area contributed by atoms with Crippen LogP contribution in [0.2, 0.25) is 0 Å². The SMILES string of the molecule is OCC1(Nc2nnc3ccccc3n2)CCC1. The molecule has 1 heterocycles. The van der Waals surface area contributed by atoms with Gasteiger partial charge in [0.15, 0.2) is 0 Å². The standard InChI is InChI=1S/C12H14N4O/c17-8-12(6-3-7-12)14-11-13-9-4-1-2-5-10(9)15-16-11/h1-2,4-5,17H,3,6-8H2,(H,13,14,16). The molecule has 2 aromatic rings. The maximum absolute atomic E-state index is 9.37. The zero-order valence-corrected chi connectivity index (χ0v) is 9.43. The smallest absolute Gasteiger partial charge is 0.243 e. The first-order chi connectivity index (χ1) is 8.31. The molecule has 88 valence electrons.